The number of carbonyl (C=O) groups excluding carboxylic acids is 1. The molecule has 3 rings (SSSR count). The summed E-state index contributed by atoms with van der Waals surface area (Å²) >= 11 is 11.9. The summed E-state index contributed by atoms with van der Waals surface area (Å²) in [6.45, 7) is 1.91. The Bertz CT molecular complexity index is 896. The standard InChI is InChI=1S/C18H14Cl2N4O/c1-11-14(20)3-2-4-15(11)24-17-10-21-16(9-22-17)18(25)23-13-7-5-12(19)6-8-13/h2-10H,1H3,(H,22,24)(H,23,25). The van der Waals surface area contributed by atoms with Crippen molar-refractivity contribution in [2.24, 2.45) is 0 Å². The van der Waals surface area contributed by atoms with Crippen LogP contribution in [0.15, 0.2) is 54.9 Å². The lowest BCUT2D eigenvalue weighted by molar-refractivity contribution is 0.102. The fourth-order valence-electron chi connectivity index (χ4n) is 2.12. The van der Waals surface area contributed by atoms with Crippen LogP contribution in [0.2, 0.25) is 10.0 Å². The Morgan fingerprint density at radius 1 is 1.00 bits per heavy atom. The van der Waals surface area contributed by atoms with Crippen molar-refractivity contribution in [3.05, 3.63) is 76.2 Å². The topological polar surface area (TPSA) is 66.9 Å². The second-order valence-corrected chi connectivity index (χ2v) is 6.13. The van der Waals surface area contributed by atoms with E-state index in [0.717, 1.165) is 11.3 Å². The molecular weight excluding hydrogens is 359 g/mol. The van der Waals surface area contributed by atoms with Crippen molar-refractivity contribution in [1.82, 2.24) is 9.97 Å². The number of hydrogen-bond acceptors (Lipinski definition) is 4. The van der Waals surface area contributed by atoms with Crippen LogP contribution in [0.25, 0.3) is 0 Å². The summed E-state index contributed by atoms with van der Waals surface area (Å²) in [6.07, 6.45) is 2.91. The molecule has 5 nitrogen and oxygen atoms in total. The maximum absolute atomic E-state index is 12.2. The van der Waals surface area contributed by atoms with Gasteiger partial charge in [-0.05, 0) is 48.9 Å². The molecule has 0 fully saturated rings. The van der Waals surface area contributed by atoms with Gasteiger partial charge in [-0.3, -0.25) is 4.79 Å². The average Bonchev–Trinajstić information content (AvgIpc) is 2.61. The second-order valence-electron chi connectivity index (χ2n) is 5.29. The predicted octanol–water partition coefficient (Wildman–Crippen LogP) is 5.09. The third kappa shape index (κ3) is 4.26. The number of rotatable bonds is 4. The normalized spacial score (nSPS) is 10.4. The molecule has 7 heteroatoms. The zero-order valence-corrected chi connectivity index (χ0v) is 14.8. The van der Waals surface area contributed by atoms with Gasteiger partial charge >= 0.3 is 0 Å². The van der Waals surface area contributed by atoms with E-state index in [1.807, 2.05) is 25.1 Å². The van der Waals surface area contributed by atoms with Gasteiger partial charge in [0.1, 0.15) is 11.5 Å². The second kappa shape index (κ2) is 7.51. The van der Waals surface area contributed by atoms with Crippen LogP contribution < -0.4 is 10.6 Å². The fraction of sp³-hybridized carbons (Fsp3) is 0.0556. The first kappa shape index (κ1) is 17.2. The molecule has 1 heterocycles. The summed E-state index contributed by atoms with van der Waals surface area (Å²) in [5.74, 6) is 0.175. The first-order chi connectivity index (χ1) is 12.0. The molecule has 0 spiro atoms. The van der Waals surface area contributed by atoms with Gasteiger partial charge in [-0.15, -0.1) is 0 Å². The Morgan fingerprint density at radius 3 is 2.44 bits per heavy atom. The Kier molecular flexibility index (Phi) is 5.16. The maximum Gasteiger partial charge on any atom is 0.275 e. The van der Waals surface area contributed by atoms with Gasteiger partial charge in [0.05, 0.1) is 12.4 Å². The molecule has 3 aromatic rings. The summed E-state index contributed by atoms with van der Waals surface area (Å²) in [5.41, 5.74) is 2.59. The largest absolute Gasteiger partial charge is 0.339 e. The highest BCUT2D eigenvalue weighted by molar-refractivity contribution is 6.31. The third-order valence-electron chi connectivity index (χ3n) is 3.52. The third-order valence-corrected chi connectivity index (χ3v) is 4.18. The van der Waals surface area contributed by atoms with E-state index in [2.05, 4.69) is 20.6 Å². The Hall–Kier alpha value is -2.63. The Balaban J connectivity index is 1.70. The minimum atomic E-state index is -0.347. The lowest BCUT2D eigenvalue weighted by atomic mass is 10.2. The van der Waals surface area contributed by atoms with Gasteiger partial charge < -0.3 is 10.6 Å². The Morgan fingerprint density at radius 2 is 1.76 bits per heavy atom. The summed E-state index contributed by atoms with van der Waals surface area (Å²) in [5, 5.41) is 7.13. The van der Waals surface area contributed by atoms with Crippen molar-refractivity contribution in [3.8, 4) is 0 Å². The molecule has 25 heavy (non-hydrogen) atoms. The van der Waals surface area contributed by atoms with Crippen LogP contribution >= 0.6 is 23.2 Å². The van der Waals surface area contributed by atoms with Crippen molar-refractivity contribution in [3.63, 3.8) is 0 Å². The monoisotopic (exact) mass is 372 g/mol. The molecule has 0 saturated carbocycles. The fourth-order valence-corrected chi connectivity index (χ4v) is 2.42. The number of hydrogen-bond donors (Lipinski definition) is 2. The summed E-state index contributed by atoms with van der Waals surface area (Å²) in [7, 11) is 0. The summed E-state index contributed by atoms with van der Waals surface area (Å²) in [4.78, 5) is 20.6. The van der Waals surface area contributed by atoms with E-state index < -0.39 is 0 Å². The van der Waals surface area contributed by atoms with Gasteiger partial charge in [-0.25, -0.2) is 9.97 Å². The van der Waals surface area contributed by atoms with E-state index in [1.54, 1.807) is 24.3 Å². The van der Waals surface area contributed by atoms with Gasteiger partial charge in [0.2, 0.25) is 0 Å². The molecule has 0 aliphatic carbocycles. The van der Waals surface area contributed by atoms with E-state index in [-0.39, 0.29) is 11.6 Å². The van der Waals surface area contributed by atoms with Crippen molar-refractivity contribution in [2.75, 3.05) is 10.6 Å². The van der Waals surface area contributed by atoms with Gasteiger partial charge in [0.15, 0.2) is 0 Å². The number of amides is 1. The molecule has 0 radical (unpaired) electrons. The quantitative estimate of drug-likeness (QED) is 0.669. The number of nitrogens with one attached hydrogen (secondary N) is 2. The van der Waals surface area contributed by atoms with Crippen LogP contribution in [0.1, 0.15) is 16.1 Å². The zero-order chi connectivity index (χ0) is 17.8. The molecule has 0 saturated heterocycles. The predicted molar refractivity (Wildman–Crippen MR) is 101 cm³/mol. The molecule has 0 aliphatic rings. The highest BCUT2D eigenvalue weighted by Crippen LogP contribution is 2.25. The first-order valence-electron chi connectivity index (χ1n) is 7.44. The van der Waals surface area contributed by atoms with Crippen LogP contribution in [0, 0.1) is 6.92 Å². The Labute approximate surface area is 155 Å². The molecule has 2 aromatic carbocycles. The molecule has 1 aromatic heterocycles. The molecule has 0 unspecified atom stereocenters. The van der Waals surface area contributed by atoms with Crippen LogP contribution in [-0.4, -0.2) is 15.9 Å². The maximum atomic E-state index is 12.2. The van der Waals surface area contributed by atoms with Crippen LogP contribution in [0.3, 0.4) is 0 Å². The lowest BCUT2D eigenvalue weighted by Crippen LogP contribution is -2.14. The van der Waals surface area contributed by atoms with Gasteiger partial charge in [0.25, 0.3) is 5.91 Å². The molecular formula is C18H14Cl2N4O. The van der Waals surface area contributed by atoms with Crippen molar-refractivity contribution in [2.45, 2.75) is 6.92 Å². The highest BCUT2D eigenvalue weighted by atomic mass is 35.5. The molecule has 0 bridgehead atoms. The van der Waals surface area contributed by atoms with Crippen molar-refractivity contribution in [1.29, 1.82) is 0 Å². The van der Waals surface area contributed by atoms with E-state index >= 15 is 0 Å². The molecule has 2 N–H and O–H groups in total. The van der Waals surface area contributed by atoms with Crippen molar-refractivity contribution >= 4 is 46.3 Å². The highest BCUT2D eigenvalue weighted by Gasteiger charge is 2.09. The van der Waals surface area contributed by atoms with E-state index in [4.69, 9.17) is 23.2 Å². The average molecular weight is 373 g/mol. The summed E-state index contributed by atoms with van der Waals surface area (Å²) < 4.78 is 0. The van der Waals surface area contributed by atoms with Gasteiger partial charge in [0, 0.05) is 21.4 Å². The van der Waals surface area contributed by atoms with E-state index in [0.29, 0.717) is 21.6 Å². The number of halogens is 2. The summed E-state index contributed by atoms with van der Waals surface area (Å²) in [6, 6.07) is 12.4. The minimum absolute atomic E-state index is 0.211. The molecule has 0 aliphatic heterocycles. The van der Waals surface area contributed by atoms with Crippen molar-refractivity contribution < 1.29 is 4.79 Å². The molecule has 0 atom stereocenters. The lowest BCUT2D eigenvalue weighted by Gasteiger charge is -2.10. The number of aromatic nitrogens is 2. The minimum Gasteiger partial charge on any atom is -0.339 e. The first-order valence-corrected chi connectivity index (χ1v) is 8.19. The van der Waals surface area contributed by atoms with Crippen LogP contribution in [-0.2, 0) is 0 Å². The van der Waals surface area contributed by atoms with E-state index in [1.165, 1.54) is 12.4 Å². The van der Waals surface area contributed by atoms with Crippen LogP contribution in [0.4, 0.5) is 17.2 Å². The molecule has 1 amide bonds. The smallest absolute Gasteiger partial charge is 0.275 e. The number of carbonyl (C=O) groups is 1. The number of nitrogens with zero attached hydrogens (tertiary/aromatic N) is 2. The van der Waals surface area contributed by atoms with E-state index in [9.17, 15) is 4.79 Å². The zero-order valence-electron chi connectivity index (χ0n) is 13.3. The number of anilines is 3. The SMILES string of the molecule is Cc1c(Cl)cccc1Nc1cnc(C(=O)Nc2ccc(Cl)cc2)cn1. The van der Waals surface area contributed by atoms with Crippen LogP contribution in [0.5, 0.6) is 0 Å². The van der Waals surface area contributed by atoms with Gasteiger partial charge in [-0.1, -0.05) is 29.3 Å². The van der Waals surface area contributed by atoms with Gasteiger partial charge in [-0.2, -0.15) is 0 Å². The number of benzene rings is 2. The molecule has 126 valence electrons.